The second-order valence-electron chi connectivity index (χ2n) is 5.22. The predicted octanol–water partition coefficient (Wildman–Crippen LogP) is -1.62. The van der Waals surface area contributed by atoms with Crippen LogP contribution in [0.3, 0.4) is 0 Å². The zero-order valence-electron chi connectivity index (χ0n) is 12.1. The van der Waals surface area contributed by atoms with Crippen LogP contribution in [0.25, 0.3) is 11.2 Å². The molecule has 0 aromatic carbocycles. The Morgan fingerprint density at radius 3 is 3.09 bits per heavy atom. The molecule has 0 aliphatic carbocycles. The fraction of sp³-hybridized carbons (Fsp3) is 0.545. The maximum absolute atomic E-state index is 11.7. The van der Waals surface area contributed by atoms with Gasteiger partial charge in [-0.2, -0.15) is 4.98 Å². The molecule has 0 bridgehead atoms. The summed E-state index contributed by atoms with van der Waals surface area (Å²) in [6.45, 7) is 0.140. The molecular weight excluding hydrogens is 329 g/mol. The average Bonchev–Trinajstić information content (AvgIpc) is 3.03. The Morgan fingerprint density at radius 1 is 1.70 bits per heavy atom. The van der Waals surface area contributed by atoms with E-state index in [4.69, 9.17) is 20.1 Å². The van der Waals surface area contributed by atoms with Gasteiger partial charge in [-0.15, -0.1) is 0 Å². The number of rotatable bonds is 4. The quantitative estimate of drug-likeness (QED) is 0.552. The van der Waals surface area contributed by atoms with Gasteiger partial charge in [0.25, 0.3) is 5.56 Å². The van der Waals surface area contributed by atoms with E-state index in [1.54, 1.807) is 0 Å². The summed E-state index contributed by atoms with van der Waals surface area (Å²) in [5, 5.41) is 0. The lowest BCUT2D eigenvalue weighted by atomic mass is 10.2. The van der Waals surface area contributed by atoms with Crippen LogP contribution >= 0.6 is 7.60 Å². The van der Waals surface area contributed by atoms with E-state index in [9.17, 15) is 14.3 Å². The second kappa shape index (κ2) is 5.69. The summed E-state index contributed by atoms with van der Waals surface area (Å²) in [6.07, 6.45) is 0.206. The van der Waals surface area contributed by atoms with Crippen molar-refractivity contribution in [2.75, 3.05) is 12.8 Å². The van der Waals surface area contributed by atoms with Gasteiger partial charge in [0, 0.05) is 13.5 Å². The van der Waals surface area contributed by atoms with Crippen LogP contribution in [0, 0.1) is 0 Å². The van der Waals surface area contributed by atoms with Crippen molar-refractivity contribution < 1.29 is 23.8 Å². The molecule has 0 radical (unpaired) electrons. The molecule has 2 aromatic heterocycles. The average molecular weight is 344 g/mol. The highest BCUT2D eigenvalue weighted by molar-refractivity contribution is 7.50. The molecule has 4 unspecified atom stereocenters. The number of hydrogen-bond donors (Lipinski definition) is 3. The van der Waals surface area contributed by atoms with Gasteiger partial charge in [-0.3, -0.25) is 9.78 Å². The maximum atomic E-state index is 11.7. The number of aromatic amines is 1. The summed E-state index contributed by atoms with van der Waals surface area (Å²) in [6, 6.07) is 0. The second-order valence-corrected chi connectivity index (χ2v) is 6.93. The number of nitrogen functional groups attached to an aromatic ring is 1. The largest absolute Gasteiger partial charge is 0.777 e. The normalized spacial score (nSPS) is 27.3. The molecule has 4 N–H and O–H groups in total. The minimum absolute atomic E-state index is 0.0151. The van der Waals surface area contributed by atoms with Crippen LogP contribution in [-0.4, -0.2) is 49.6 Å². The summed E-state index contributed by atoms with van der Waals surface area (Å²) < 4.78 is 23.4. The van der Waals surface area contributed by atoms with Gasteiger partial charge in [0.05, 0.1) is 19.0 Å². The SMILES string of the molecule is COC1CC(P(=O)([O-])O)OC1Cn1cnc2c(=O)[nH]c(N)nc21. The van der Waals surface area contributed by atoms with Gasteiger partial charge in [0.2, 0.25) is 5.95 Å². The summed E-state index contributed by atoms with van der Waals surface area (Å²) >= 11 is 0. The molecule has 0 spiro atoms. The number of ether oxygens (including phenoxy) is 2. The minimum atomic E-state index is -4.62. The van der Waals surface area contributed by atoms with Gasteiger partial charge >= 0.3 is 0 Å². The van der Waals surface area contributed by atoms with Gasteiger partial charge in [-0.05, 0) is 0 Å². The van der Waals surface area contributed by atoms with Crippen LogP contribution < -0.4 is 16.2 Å². The highest BCUT2D eigenvalue weighted by atomic mass is 31.2. The molecule has 11 nitrogen and oxygen atoms in total. The molecule has 1 fully saturated rings. The Morgan fingerprint density at radius 2 is 2.43 bits per heavy atom. The highest BCUT2D eigenvalue weighted by Gasteiger charge is 2.40. The standard InChI is InChI=1S/C11H16N5O6P/c1-21-5-2-7(23(18,19)20)22-6(5)3-16-4-13-8-9(16)14-11(12)15-10(8)17/h4-7H,2-3H2,1H3,(H2,18,19,20)(H3,12,14,15,17)/p-1. The van der Waals surface area contributed by atoms with Crippen molar-refractivity contribution in [1.29, 1.82) is 0 Å². The number of imidazole rings is 1. The first kappa shape index (κ1) is 16.1. The minimum Gasteiger partial charge on any atom is -0.777 e. The number of aromatic nitrogens is 4. The summed E-state index contributed by atoms with van der Waals surface area (Å²) in [4.78, 5) is 42.4. The third-order valence-corrected chi connectivity index (χ3v) is 4.78. The Balaban J connectivity index is 1.90. The number of methoxy groups -OCH3 is 1. The molecule has 1 saturated heterocycles. The van der Waals surface area contributed by atoms with Crippen LogP contribution in [0.1, 0.15) is 6.42 Å². The molecule has 126 valence electrons. The Kier molecular flexibility index (Phi) is 3.98. The monoisotopic (exact) mass is 344 g/mol. The molecule has 1 aliphatic rings. The van der Waals surface area contributed by atoms with Crippen LogP contribution in [0.15, 0.2) is 11.1 Å². The van der Waals surface area contributed by atoms with Gasteiger partial charge < -0.3 is 34.1 Å². The zero-order valence-corrected chi connectivity index (χ0v) is 13.0. The number of nitrogens with one attached hydrogen (secondary N) is 1. The number of nitrogens with zero attached hydrogens (tertiary/aromatic N) is 3. The van der Waals surface area contributed by atoms with E-state index in [1.807, 2.05) is 0 Å². The topological polar surface area (TPSA) is 168 Å². The van der Waals surface area contributed by atoms with Gasteiger partial charge in [-0.25, -0.2) is 4.98 Å². The van der Waals surface area contributed by atoms with Crippen LogP contribution in [-0.2, 0) is 20.6 Å². The highest BCUT2D eigenvalue weighted by Crippen LogP contribution is 2.45. The first-order valence-electron chi connectivity index (χ1n) is 6.72. The molecule has 3 rings (SSSR count). The van der Waals surface area contributed by atoms with Gasteiger partial charge in [0.1, 0.15) is 11.9 Å². The van der Waals surface area contributed by atoms with Gasteiger partial charge in [-0.1, -0.05) is 0 Å². The van der Waals surface area contributed by atoms with Crippen LogP contribution in [0.4, 0.5) is 5.95 Å². The maximum Gasteiger partial charge on any atom is 0.280 e. The lowest BCUT2D eigenvalue weighted by molar-refractivity contribution is -0.204. The Bertz CT molecular complexity index is 828. The number of fused-ring (bicyclic) bond motifs is 1. The molecule has 3 heterocycles. The van der Waals surface area contributed by atoms with Gasteiger partial charge in [0.15, 0.2) is 18.8 Å². The molecule has 0 saturated carbocycles. The van der Waals surface area contributed by atoms with Crippen molar-refractivity contribution in [2.45, 2.75) is 31.0 Å². The summed E-state index contributed by atoms with van der Waals surface area (Å²) in [5.41, 5.74) is 5.41. The van der Waals surface area contributed by atoms with E-state index in [0.29, 0.717) is 0 Å². The van der Waals surface area contributed by atoms with E-state index in [2.05, 4.69) is 15.0 Å². The summed E-state index contributed by atoms with van der Waals surface area (Å²) in [5.74, 6) is -1.38. The lowest BCUT2D eigenvalue weighted by Crippen LogP contribution is -2.28. The van der Waals surface area contributed by atoms with Crippen molar-refractivity contribution >= 4 is 24.7 Å². The molecule has 1 aliphatic heterocycles. The summed E-state index contributed by atoms with van der Waals surface area (Å²) in [7, 11) is -3.20. The van der Waals surface area contributed by atoms with Crippen molar-refractivity contribution in [2.24, 2.45) is 0 Å². The Hall–Kier alpha value is -1.78. The molecule has 23 heavy (non-hydrogen) atoms. The number of hydrogen-bond acceptors (Lipinski definition) is 8. The molecule has 2 aromatic rings. The van der Waals surface area contributed by atoms with E-state index < -0.39 is 31.2 Å². The van der Waals surface area contributed by atoms with Crippen molar-refractivity contribution in [3.05, 3.63) is 16.7 Å². The van der Waals surface area contributed by atoms with Crippen LogP contribution in [0.5, 0.6) is 0 Å². The number of nitrogens with two attached hydrogens (primary N) is 1. The number of H-pyrrole nitrogens is 1. The third kappa shape index (κ3) is 3.01. The zero-order chi connectivity index (χ0) is 16.8. The predicted molar refractivity (Wildman–Crippen MR) is 76.5 cm³/mol. The lowest BCUT2D eigenvalue weighted by Gasteiger charge is -2.23. The number of anilines is 1. The third-order valence-electron chi connectivity index (χ3n) is 3.72. The van der Waals surface area contributed by atoms with E-state index in [1.165, 1.54) is 18.0 Å². The first-order valence-corrected chi connectivity index (χ1v) is 8.36. The van der Waals surface area contributed by atoms with Crippen molar-refractivity contribution in [3.8, 4) is 0 Å². The smallest absolute Gasteiger partial charge is 0.280 e. The fourth-order valence-corrected chi connectivity index (χ4v) is 3.40. The van der Waals surface area contributed by atoms with Crippen molar-refractivity contribution in [3.63, 3.8) is 0 Å². The Labute approximate surface area is 129 Å². The molecular formula is C11H15N5O6P-. The fourth-order valence-electron chi connectivity index (χ4n) is 2.61. The molecule has 12 heteroatoms. The first-order chi connectivity index (χ1) is 10.8. The van der Waals surface area contributed by atoms with Crippen molar-refractivity contribution in [1.82, 2.24) is 19.5 Å². The van der Waals surface area contributed by atoms with E-state index >= 15 is 0 Å². The van der Waals surface area contributed by atoms with Crippen LogP contribution in [0.2, 0.25) is 0 Å². The van der Waals surface area contributed by atoms with E-state index in [-0.39, 0.29) is 30.1 Å². The molecule has 0 amide bonds. The van der Waals surface area contributed by atoms with E-state index in [0.717, 1.165) is 0 Å². The molecule has 4 atom stereocenters.